The summed E-state index contributed by atoms with van der Waals surface area (Å²) in [6.45, 7) is 1.75. The van der Waals surface area contributed by atoms with Crippen LogP contribution in [-0.4, -0.2) is 29.1 Å². The quantitative estimate of drug-likeness (QED) is 0.929. The van der Waals surface area contributed by atoms with Crippen molar-refractivity contribution < 1.29 is 9.90 Å². The van der Waals surface area contributed by atoms with Gasteiger partial charge in [0.15, 0.2) is 0 Å². The van der Waals surface area contributed by atoms with Gasteiger partial charge in [-0.3, -0.25) is 9.69 Å². The smallest absolute Gasteiger partial charge is 0.325 e. The van der Waals surface area contributed by atoms with Crippen LogP contribution in [0.3, 0.4) is 0 Å². The molecule has 1 aliphatic heterocycles. The van der Waals surface area contributed by atoms with E-state index in [0.29, 0.717) is 0 Å². The van der Waals surface area contributed by atoms with Crippen LogP contribution >= 0.6 is 15.9 Å². The van der Waals surface area contributed by atoms with Crippen molar-refractivity contribution in [1.82, 2.24) is 4.90 Å². The fourth-order valence-electron chi connectivity index (χ4n) is 2.54. The third-order valence-corrected chi connectivity index (χ3v) is 4.16. The Balaban J connectivity index is 2.27. The molecule has 4 heteroatoms. The van der Waals surface area contributed by atoms with Crippen LogP contribution in [0.4, 0.5) is 0 Å². The molecule has 1 N–H and O–H groups in total. The molecule has 18 heavy (non-hydrogen) atoms. The summed E-state index contributed by atoms with van der Waals surface area (Å²) < 4.78 is 0.877. The molecule has 0 radical (unpaired) electrons. The van der Waals surface area contributed by atoms with Gasteiger partial charge in [-0.05, 0) is 37.6 Å². The number of carboxylic acids is 1. The van der Waals surface area contributed by atoms with E-state index in [9.17, 15) is 9.90 Å². The van der Waals surface area contributed by atoms with E-state index in [1.54, 1.807) is 0 Å². The zero-order valence-corrected chi connectivity index (χ0v) is 11.9. The fraction of sp³-hybridized carbons (Fsp3) is 0.500. The van der Waals surface area contributed by atoms with Crippen LogP contribution in [0.25, 0.3) is 0 Å². The number of hydrogen-bond acceptors (Lipinski definition) is 2. The number of rotatable bonds is 3. The maximum atomic E-state index is 11.6. The number of hydrogen-bond donors (Lipinski definition) is 1. The summed E-state index contributed by atoms with van der Waals surface area (Å²) >= 11 is 3.46. The van der Waals surface area contributed by atoms with Crippen LogP contribution < -0.4 is 0 Å². The molecule has 1 saturated heterocycles. The van der Waals surface area contributed by atoms with Gasteiger partial charge in [0.1, 0.15) is 6.04 Å². The van der Waals surface area contributed by atoms with Crippen LogP contribution in [0.2, 0.25) is 0 Å². The number of halogens is 1. The molecule has 3 nitrogen and oxygen atoms in total. The number of likely N-dealkylation sites (tertiary alicyclic amines) is 1. The van der Waals surface area contributed by atoms with E-state index in [-0.39, 0.29) is 0 Å². The zero-order valence-electron chi connectivity index (χ0n) is 10.3. The molecule has 0 saturated carbocycles. The van der Waals surface area contributed by atoms with Gasteiger partial charge in [0, 0.05) is 4.47 Å². The number of carboxylic acid groups (broad SMARTS) is 1. The summed E-state index contributed by atoms with van der Waals surface area (Å²) in [7, 11) is 0. The van der Waals surface area contributed by atoms with Gasteiger partial charge in [-0.1, -0.05) is 47.0 Å². The number of aliphatic carboxylic acids is 1. The molecule has 0 spiro atoms. The lowest BCUT2D eigenvalue weighted by molar-refractivity contribution is -0.143. The summed E-state index contributed by atoms with van der Waals surface area (Å²) in [4.78, 5) is 13.7. The summed E-state index contributed by atoms with van der Waals surface area (Å²) in [5, 5.41) is 9.53. The molecule has 0 aromatic heterocycles. The summed E-state index contributed by atoms with van der Waals surface area (Å²) in [6.07, 6.45) is 4.60. The van der Waals surface area contributed by atoms with E-state index in [1.807, 2.05) is 24.3 Å². The van der Waals surface area contributed by atoms with Crippen molar-refractivity contribution in [3.63, 3.8) is 0 Å². The van der Waals surface area contributed by atoms with Gasteiger partial charge in [0.2, 0.25) is 0 Å². The topological polar surface area (TPSA) is 40.5 Å². The molecule has 0 bridgehead atoms. The molecule has 1 fully saturated rings. The minimum absolute atomic E-state index is 0.529. The van der Waals surface area contributed by atoms with Gasteiger partial charge in [0.25, 0.3) is 0 Å². The van der Waals surface area contributed by atoms with Crippen LogP contribution in [0.15, 0.2) is 28.7 Å². The van der Waals surface area contributed by atoms with Gasteiger partial charge < -0.3 is 5.11 Å². The first kappa shape index (κ1) is 13.6. The molecular weight excluding hydrogens is 294 g/mol. The molecule has 1 aliphatic rings. The van der Waals surface area contributed by atoms with Crippen LogP contribution in [0.1, 0.15) is 37.3 Å². The monoisotopic (exact) mass is 311 g/mol. The van der Waals surface area contributed by atoms with Crippen LogP contribution in [-0.2, 0) is 4.79 Å². The molecule has 2 rings (SSSR count). The maximum absolute atomic E-state index is 11.6. The predicted octanol–water partition coefficient (Wildman–Crippen LogP) is 3.45. The van der Waals surface area contributed by atoms with E-state index in [4.69, 9.17) is 0 Å². The lowest BCUT2D eigenvalue weighted by Crippen LogP contribution is -2.35. The Morgan fingerprint density at radius 1 is 1.17 bits per heavy atom. The third kappa shape index (κ3) is 3.12. The van der Waals surface area contributed by atoms with Crippen molar-refractivity contribution >= 4 is 21.9 Å². The molecular formula is C14H18BrNO2. The molecule has 1 heterocycles. The zero-order chi connectivity index (χ0) is 13.0. The van der Waals surface area contributed by atoms with E-state index in [2.05, 4.69) is 20.8 Å². The second kappa shape index (κ2) is 6.34. The Morgan fingerprint density at radius 3 is 2.33 bits per heavy atom. The molecule has 0 aliphatic carbocycles. The Labute approximate surface area is 116 Å². The first-order chi connectivity index (χ1) is 8.70. The average Bonchev–Trinajstić information content (AvgIpc) is 2.60. The van der Waals surface area contributed by atoms with Gasteiger partial charge >= 0.3 is 5.97 Å². The lowest BCUT2D eigenvalue weighted by atomic mass is 10.1. The highest BCUT2D eigenvalue weighted by Gasteiger charge is 2.29. The molecule has 98 valence electrons. The number of carbonyl (C=O) groups is 1. The van der Waals surface area contributed by atoms with Crippen molar-refractivity contribution in [2.75, 3.05) is 13.1 Å². The van der Waals surface area contributed by atoms with Crippen molar-refractivity contribution in [2.24, 2.45) is 0 Å². The van der Waals surface area contributed by atoms with E-state index < -0.39 is 12.0 Å². The largest absolute Gasteiger partial charge is 0.480 e. The highest BCUT2D eigenvalue weighted by atomic mass is 79.9. The summed E-state index contributed by atoms with van der Waals surface area (Å²) in [5.74, 6) is -0.760. The molecule has 1 aromatic carbocycles. The van der Waals surface area contributed by atoms with Crippen molar-refractivity contribution in [3.8, 4) is 0 Å². The lowest BCUT2D eigenvalue weighted by Gasteiger charge is -2.28. The fourth-order valence-corrected chi connectivity index (χ4v) is 3.04. The number of nitrogens with zero attached hydrogens (tertiary/aromatic N) is 1. The Morgan fingerprint density at radius 2 is 1.78 bits per heavy atom. The SMILES string of the molecule is O=C(O)C(c1ccccc1Br)N1CCCCCC1. The minimum atomic E-state index is -0.760. The highest BCUT2D eigenvalue weighted by molar-refractivity contribution is 9.10. The maximum Gasteiger partial charge on any atom is 0.325 e. The van der Waals surface area contributed by atoms with Gasteiger partial charge in [-0.25, -0.2) is 0 Å². The predicted molar refractivity (Wildman–Crippen MR) is 74.6 cm³/mol. The van der Waals surface area contributed by atoms with Crippen molar-refractivity contribution in [3.05, 3.63) is 34.3 Å². The first-order valence-electron chi connectivity index (χ1n) is 6.41. The van der Waals surface area contributed by atoms with Crippen LogP contribution in [0.5, 0.6) is 0 Å². The highest BCUT2D eigenvalue weighted by Crippen LogP contribution is 2.29. The third-order valence-electron chi connectivity index (χ3n) is 3.44. The Kier molecular flexibility index (Phi) is 4.78. The molecule has 1 unspecified atom stereocenters. The summed E-state index contributed by atoms with van der Waals surface area (Å²) in [6, 6.07) is 7.08. The second-order valence-electron chi connectivity index (χ2n) is 4.71. The summed E-state index contributed by atoms with van der Waals surface area (Å²) in [5.41, 5.74) is 0.854. The standard InChI is InChI=1S/C14H18BrNO2/c15-12-8-4-3-7-11(12)13(14(17)18)16-9-5-1-2-6-10-16/h3-4,7-8,13H,1-2,5-6,9-10H2,(H,17,18). The van der Waals surface area contributed by atoms with Gasteiger partial charge in [-0.15, -0.1) is 0 Å². The Hall–Kier alpha value is -0.870. The second-order valence-corrected chi connectivity index (χ2v) is 5.57. The van der Waals surface area contributed by atoms with Crippen LogP contribution in [0, 0.1) is 0 Å². The Bertz CT molecular complexity index is 414. The minimum Gasteiger partial charge on any atom is -0.480 e. The molecule has 0 amide bonds. The first-order valence-corrected chi connectivity index (χ1v) is 7.21. The number of benzene rings is 1. The van der Waals surface area contributed by atoms with Crippen molar-refractivity contribution in [2.45, 2.75) is 31.7 Å². The normalized spacial score (nSPS) is 19.2. The van der Waals surface area contributed by atoms with E-state index >= 15 is 0 Å². The van der Waals surface area contributed by atoms with E-state index in [1.165, 1.54) is 12.8 Å². The van der Waals surface area contributed by atoms with Crippen molar-refractivity contribution in [1.29, 1.82) is 0 Å². The average molecular weight is 312 g/mol. The van der Waals surface area contributed by atoms with E-state index in [0.717, 1.165) is 36.0 Å². The van der Waals surface area contributed by atoms with Gasteiger partial charge in [-0.2, -0.15) is 0 Å². The van der Waals surface area contributed by atoms with Gasteiger partial charge in [0.05, 0.1) is 0 Å². The molecule has 1 aromatic rings. The molecule has 1 atom stereocenters.